The molecule has 1 aromatic rings. The van der Waals surface area contributed by atoms with Gasteiger partial charge in [-0.3, -0.25) is 0 Å². The van der Waals surface area contributed by atoms with Gasteiger partial charge in [0.05, 0.1) is 5.60 Å². The molecule has 1 aliphatic rings. The largest absolute Gasteiger partial charge is 0.385 e. The quantitative estimate of drug-likeness (QED) is 0.768. The Morgan fingerprint density at radius 2 is 1.91 bits per heavy atom. The van der Waals surface area contributed by atoms with E-state index >= 15 is 0 Å². The summed E-state index contributed by atoms with van der Waals surface area (Å²) in [6.07, 6.45) is 1.85. The van der Waals surface area contributed by atoms with Crippen molar-refractivity contribution in [3.05, 3.63) is 33.4 Å². The van der Waals surface area contributed by atoms with Crippen LogP contribution in [0.3, 0.4) is 0 Å². The van der Waals surface area contributed by atoms with E-state index in [9.17, 15) is 5.11 Å². The van der Waals surface area contributed by atoms with E-state index in [2.05, 4.69) is 22.6 Å². The van der Waals surface area contributed by atoms with Gasteiger partial charge in [-0.2, -0.15) is 0 Å². The van der Waals surface area contributed by atoms with Gasteiger partial charge in [0.1, 0.15) is 0 Å². The second kappa shape index (κ2) is 2.45. The standard InChI is InChI=1S/C9H9IO/c10-8-4-2-1-3-7(8)9(11)5-6-9/h1-4,11H,5-6H2. The number of hydrogen-bond donors (Lipinski definition) is 1. The average molecular weight is 260 g/mol. The number of hydrogen-bond acceptors (Lipinski definition) is 1. The van der Waals surface area contributed by atoms with Gasteiger partial charge in [0.2, 0.25) is 0 Å². The fraction of sp³-hybridized carbons (Fsp3) is 0.333. The summed E-state index contributed by atoms with van der Waals surface area (Å²) in [6, 6.07) is 8.02. The van der Waals surface area contributed by atoms with Crippen molar-refractivity contribution in [3.63, 3.8) is 0 Å². The van der Waals surface area contributed by atoms with Crippen LogP contribution in [-0.2, 0) is 5.60 Å². The van der Waals surface area contributed by atoms with Gasteiger partial charge in [-0.15, -0.1) is 0 Å². The van der Waals surface area contributed by atoms with Crippen LogP contribution in [-0.4, -0.2) is 5.11 Å². The maximum absolute atomic E-state index is 9.78. The molecule has 58 valence electrons. The molecule has 2 heteroatoms. The van der Waals surface area contributed by atoms with Crippen LogP contribution < -0.4 is 0 Å². The summed E-state index contributed by atoms with van der Waals surface area (Å²) < 4.78 is 1.17. The lowest BCUT2D eigenvalue weighted by Gasteiger charge is -2.09. The molecule has 11 heavy (non-hydrogen) atoms. The summed E-state index contributed by atoms with van der Waals surface area (Å²) in [4.78, 5) is 0. The highest BCUT2D eigenvalue weighted by Gasteiger charge is 2.43. The lowest BCUT2D eigenvalue weighted by molar-refractivity contribution is 0.150. The Morgan fingerprint density at radius 3 is 2.45 bits per heavy atom. The summed E-state index contributed by atoms with van der Waals surface area (Å²) in [5.41, 5.74) is 0.623. The zero-order valence-electron chi connectivity index (χ0n) is 6.05. The van der Waals surface area contributed by atoms with Crippen LogP contribution in [0.4, 0.5) is 0 Å². The lowest BCUT2D eigenvalue weighted by atomic mass is 10.1. The Kier molecular flexibility index (Phi) is 1.68. The minimum atomic E-state index is -0.474. The molecule has 1 aromatic carbocycles. The summed E-state index contributed by atoms with van der Waals surface area (Å²) in [5.74, 6) is 0. The Labute approximate surface area is 79.6 Å². The van der Waals surface area contributed by atoms with Crippen LogP contribution in [0.15, 0.2) is 24.3 Å². The van der Waals surface area contributed by atoms with Crippen molar-refractivity contribution < 1.29 is 5.11 Å². The average Bonchev–Trinajstić information content (AvgIpc) is 2.70. The van der Waals surface area contributed by atoms with Crippen molar-refractivity contribution in [1.82, 2.24) is 0 Å². The molecule has 0 radical (unpaired) electrons. The van der Waals surface area contributed by atoms with Gasteiger partial charge in [-0.05, 0) is 47.1 Å². The summed E-state index contributed by atoms with van der Waals surface area (Å²) in [5, 5.41) is 9.78. The molecule has 0 heterocycles. The Morgan fingerprint density at radius 1 is 1.27 bits per heavy atom. The summed E-state index contributed by atoms with van der Waals surface area (Å²) >= 11 is 2.27. The van der Waals surface area contributed by atoms with Crippen molar-refractivity contribution in [3.8, 4) is 0 Å². The van der Waals surface area contributed by atoms with E-state index in [4.69, 9.17) is 0 Å². The van der Waals surface area contributed by atoms with Gasteiger partial charge >= 0.3 is 0 Å². The number of aliphatic hydroxyl groups is 1. The van der Waals surface area contributed by atoms with Crippen molar-refractivity contribution in [1.29, 1.82) is 0 Å². The predicted octanol–water partition coefficient (Wildman–Crippen LogP) is 2.27. The van der Waals surface area contributed by atoms with Crippen LogP contribution in [0.25, 0.3) is 0 Å². The van der Waals surface area contributed by atoms with E-state index in [0.717, 1.165) is 18.4 Å². The maximum Gasteiger partial charge on any atom is 0.0909 e. The van der Waals surface area contributed by atoms with E-state index < -0.39 is 5.60 Å². The number of benzene rings is 1. The third-order valence-corrected chi connectivity index (χ3v) is 3.04. The molecule has 1 fully saturated rings. The van der Waals surface area contributed by atoms with Crippen LogP contribution >= 0.6 is 22.6 Å². The van der Waals surface area contributed by atoms with Crippen LogP contribution in [0, 0.1) is 3.57 Å². The fourth-order valence-electron chi connectivity index (χ4n) is 1.23. The fourth-order valence-corrected chi connectivity index (χ4v) is 2.12. The first-order valence-corrected chi connectivity index (χ1v) is 4.78. The van der Waals surface area contributed by atoms with Gasteiger partial charge in [0.25, 0.3) is 0 Å². The van der Waals surface area contributed by atoms with E-state index in [-0.39, 0.29) is 0 Å². The Balaban J connectivity index is 2.45. The third-order valence-electron chi connectivity index (χ3n) is 2.10. The molecule has 1 N–H and O–H groups in total. The molecule has 0 unspecified atom stereocenters. The zero-order chi connectivity index (χ0) is 7.90. The van der Waals surface area contributed by atoms with Crippen LogP contribution in [0.5, 0.6) is 0 Å². The Hall–Kier alpha value is -0.0900. The second-order valence-corrected chi connectivity index (χ2v) is 4.17. The van der Waals surface area contributed by atoms with E-state index in [0.29, 0.717) is 0 Å². The highest BCUT2D eigenvalue weighted by Crippen LogP contribution is 2.46. The number of rotatable bonds is 1. The SMILES string of the molecule is OC1(c2ccccc2I)CC1. The van der Waals surface area contributed by atoms with Gasteiger partial charge < -0.3 is 5.11 Å². The minimum absolute atomic E-state index is 0.474. The van der Waals surface area contributed by atoms with Crippen molar-refractivity contribution in [2.45, 2.75) is 18.4 Å². The molecule has 1 saturated carbocycles. The summed E-state index contributed by atoms with van der Waals surface area (Å²) in [7, 11) is 0. The molecule has 2 rings (SSSR count). The first-order valence-electron chi connectivity index (χ1n) is 3.70. The molecule has 0 spiro atoms. The molecular weight excluding hydrogens is 251 g/mol. The molecular formula is C9H9IO. The molecule has 0 aliphatic heterocycles. The molecule has 0 bridgehead atoms. The van der Waals surface area contributed by atoms with Gasteiger partial charge in [-0.25, -0.2) is 0 Å². The van der Waals surface area contributed by atoms with Crippen molar-refractivity contribution in [2.24, 2.45) is 0 Å². The minimum Gasteiger partial charge on any atom is -0.385 e. The monoisotopic (exact) mass is 260 g/mol. The smallest absolute Gasteiger partial charge is 0.0909 e. The Bertz CT molecular complexity index is 279. The van der Waals surface area contributed by atoms with Crippen molar-refractivity contribution >= 4 is 22.6 Å². The molecule has 1 aliphatic carbocycles. The molecule has 1 nitrogen and oxygen atoms in total. The van der Waals surface area contributed by atoms with E-state index in [1.807, 2.05) is 24.3 Å². The highest BCUT2D eigenvalue weighted by molar-refractivity contribution is 14.1. The first-order chi connectivity index (χ1) is 5.22. The highest BCUT2D eigenvalue weighted by atomic mass is 127. The van der Waals surface area contributed by atoms with Crippen molar-refractivity contribution in [2.75, 3.05) is 0 Å². The van der Waals surface area contributed by atoms with Gasteiger partial charge in [-0.1, -0.05) is 18.2 Å². The second-order valence-electron chi connectivity index (χ2n) is 3.01. The summed E-state index contributed by atoms with van der Waals surface area (Å²) in [6.45, 7) is 0. The molecule has 0 atom stereocenters. The van der Waals surface area contributed by atoms with Gasteiger partial charge in [0, 0.05) is 3.57 Å². The van der Waals surface area contributed by atoms with E-state index in [1.165, 1.54) is 3.57 Å². The lowest BCUT2D eigenvalue weighted by Crippen LogP contribution is -2.05. The first kappa shape index (κ1) is 7.55. The zero-order valence-corrected chi connectivity index (χ0v) is 8.21. The topological polar surface area (TPSA) is 20.2 Å². The normalized spacial score (nSPS) is 19.8. The third kappa shape index (κ3) is 1.29. The number of halogens is 1. The molecule has 0 saturated heterocycles. The van der Waals surface area contributed by atoms with E-state index in [1.54, 1.807) is 0 Å². The van der Waals surface area contributed by atoms with Gasteiger partial charge in [0.15, 0.2) is 0 Å². The predicted molar refractivity (Wildman–Crippen MR) is 52.3 cm³/mol. The molecule has 0 aromatic heterocycles. The van der Waals surface area contributed by atoms with Crippen LogP contribution in [0.1, 0.15) is 18.4 Å². The molecule has 0 amide bonds. The maximum atomic E-state index is 9.78. The van der Waals surface area contributed by atoms with Crippen LogP contribution in [0.2, 0.25) is 0 Å².